The summed E-state index contributed by atoms with van der Waals surface area (Å²) in [6.45, 7) is 0.819. The molecule has 0 radical (unpaired) electrons. The summed E-state index contributed by atoms with van der Waals surface area (Å²) >= 11 is 7.72. The van der Waals surface area contributed by atoms with Gasteiger partial charge in [-0.1, -0.05) is 66.2 Å². The number of rotatable bonds is 9. The molecule has 0 aliphatic heterocycles. The number of para-hydroxylation sites is 1. The molecule has 0 spiro atoms. The van der Waals surface area contributed by atoms with Crippen LogP contribution in [-0.2, 0) is 11.2 Å². The van der Waals surface area contributed by atoms with Crippen molar-refractivity contribution < 1.29 is 4.79 Å². The Hall–Kier alpha value is -4.01. The lowest BCUT2D eigenvalue weighted by molar-refractivity contribution is -0.121. The number of amides is 1. The van der Waals surface area contributed by atoms with Crippen molar-refractivity contribution in [3.63, 3.8) is 0 Å². The average Bonchev–Trinajstić information content (AvgIpc) is 3.44. The Labute approximate surface area is 261 Å². The van der Waals surface area contributed by atoms with Crippen LogP contribution in [0.5, 0.6) is 0 Å². The second kappa shape index (κ2) is 13.1. The molecular formula is C34H35ClN6OS. The molecule has 0 bridgehead atoms. The number of thiazole rings is 1. The van der Waals surface area contributed by atoms with Gasteiger partial charge >= 0.3 is 0 Å². The number of carbonyl (C=O) groups excluding carboxylic acids is 1. The highest BCUT2D eigenvalue weighted by Gasteiger charge is 2.24. The third kappa shape index (κ3) is 6.98. The first-order valence-corrected chi connectivity index (χ1v) is 15.9. The van der Waals surface area contributed by atoms with E-state index in [-0.39, 0.29) is 11.9 Å². The summed E-state index contributed by atoms with van der Waals surface area (Å²) in [7, 11) is 4.01. The molecule has 43 heavy (non-hydrogen) atoms. The normalized spacial score (nSPS) is 16.6. The highest BCUT2D eigenvalue weighted by molar-refractivity contribution is 7.15. The van der Waals surface area contributed by atoms with Crippen LogP contribution in [0.2, 0.25) is 5.02 Å². The van der Waals surface area contributed by atoms with E-state index in [4.69, 9.17) is 26.6 Å². The minimum Gasteiger partial charge on any atom is -0.362 e. The van der Waals surface area contributed by atoms with Crippen LogP contribution in [0.1, 0.15) is 30.6 Å². The van der Waals surface area contributed by atoms with Gasteiger partial charge in [0, 0.05) is 53.1 Å². The zero-order chi connectivity index (χ0) is 29.8. The second-order valence-corrected chi connectivity index (χ2v) is 12.8. The minimum atomic E-state index is 0.0424. The summed E-state index contributed by atoms with van der Waals surface area (Å²) in [5.41, 5.74) is 3.80. The lowest BCUT2D eigenvalue weighted by Crippen LogP contribution is -2.39. The molecule has 0 atom stereocenters. The van der Waals surface area contributed by atoms with Crippen LogP contribution >= 0.6 is 22.9 Å². The number of nitrogens with one attached hydrogen (secondary N) is 2. The molecule has 1 aliphatic rings. The molecule has 7 nitrogen and oxygen atoms in total. The highest BCUT2D eigenvalue weighted by atomic mass is 35.5. The van der Waals surface area contributed by atoms with Crippen molar-refractivity contribution in [3.8, 4) is 21.8 Å². The summed E-state index contributed by atoms with van der Waals surface area (Å²) in [6, 6.07) is 26.0. The number of hydrogen-bond acceptors (Lipinski definition) is 7. The van der Waals surface area contributed by atoms with Crippen LogP contribution in [0.4, 0.5) is 11.8 Å². The summed E-state index contributed by atoms with van der Waals surface area (Å²) in [5, 5.41) is 9.42. The molecule has 2 heterocycles. The number of fused-ring (bicyclic) bond motifs is 1. The lowest BCUT2D eigenvalue weighted by atomic mass is 9.86. The standard InChI is InChI=1S/C34H35ClN6OS/c1-41(2)32-27-10-6-7-11-28(27)38-34(40-32)36-21-22-12-18-26(19-13-22)37-30(42)20-29-31(23-14-16-25(35)17-15-23)39-33(43-29)24-8-4-3-5-9-24/h3-11,14-17,22,26H,12-13,18-21H2,1-2H3,(H,37,42)(H,36,38,40). The molecule has 1 amide bonds. The molecule has 2 aromatic heterocycles. The maximum atomic E-state index is 13.3. The topological polar surface area (TPSA) is 83.0 Å². The Kier molecular flexibility index (Phi) is 8.86. The first-order valence-electron chi connectivity index (χ1n) is 14.7. The van der Waals surface area contributed by atoms with Gasteiger partial charge in [-0.05, 0) is 55.9 Å². The quantitative estimate of drug-likeness (QED) is 0.180. The Morgan fingerprint density at radius 1 is 0.884 bits per heavy atom. The van der Waals surface area contributed by atoms with Crippen molar-refractivity contribution in [1.29, 1.82) is 0 Å². The monoisotopic (exact) mass is 610 g/mol. The molecule has 2 N–H and O–H groups in total. The predicted molar refractivity (Wildman–Crippen MR) is 178 cm³/mol. The fraction of sp³-hybridized carbons (Fsp3) is 0.294. The average molecular weight is 611 g/mol. The fourth-order valence-electron chi connectivity index (χ4n) is 5.66. The largest absolute Gasteiger partial charge is 0.362 e. The molecule has 1 aliphatic carbocycles. The van der Waals surface area contributed by atoms with Crippen molar-refractivity contribution in [2.75, 3.05) is 30.9 Å². The fourth-order valence-corrected chi connectivity index (χ4v) is 6.87. The van der Waals surface area contributed by atoms with E-state index in [2.05, 4.69) is 28.8 Å². The molecule has 220 valence electrons. The molecule has 9 heteroatoms. The smallest absolute Gasteiger partial charge is 0.225 e. The first kappa shape index (κ1) is 29.1. The summed E-state index contributed by atoms with van der Waals surface area (Å²) < 4.78 is 0. The van der Waals surface area contributed by atoms with E-state index in [0.29, 0.717) is 23.3 Å². The number of halogens is 1. The third-order valence-electron chi connectivity index (χ3n) is 7.92. The Balaban J connectivity index is 1.06. The summed E-state index contributed by atoms with van der Waals surface area (Å²) in [4.78, 5) is 30.7. The number of benzene rings is 3. The van der Waals surface area contributed by atoms with Gasteiger partial charge in [-0.3, -0.25) is 4.79 Å². The van der Waals surface area contributed by atoms with Gasteiger partial charge in [0.15, 0.2) is 0 Å². The predicted octanol–water partition coefficient (Wildman–Crippen LogP) is 7.47. The van der Waals surface area contributed by atoms with Crippen molar-refractivity contribution in [1.82, 2.24) is 20.3 Å². The molecule has 3 aromatic carbocycles. The van der Waals surface area contributed by atoms with Gasteiger partial charge in [-0.25, -0.2) is 9.97 Å². The number of nitrogens with zero attached hydrogens (tertiary/aromatic N) is 4. The zero-order valence-electron chi connectivity index (χ0n) is 24.4. The van der Waals surface area contributed by atoms with E-state index >= 15 is 0 Å². The molecule has 6 rings (SSSR count). The first-order chi connectivity index (χ1) is 20.9. The summed E-state index contributed by atoms with van der Waals surface area (Å²) in [5.74, 6) is 2.13. The van der Waals surface area contributed by atoms with Gasteiger partial charge in [0.1, 0.15) is 10.8 Å². The van der Waals surface area contributed by atoms with Gasteiger partial charge < -0.3 is 15.5 Å². The van der Waals surface area contributed by atoms with Crippen LogP contribution in [-0.4, -0.2) is 47.5 Å². The van der Waals surface area contributed by atoms with Crippen LogP contribution < -0.4 is 15.5 Å². The molecule has 0 unspecified atom stereocenters. The van der Waals surface area contributed by atoms with Gasteiger partial charge in [0.05, 0.1) is 17.6 Å². The van der Waals surface area contributed by atoms with Crippen molar-refractivity contribution >= 4 is 51.5 Å². The van der Waals surface area contributed by atoms with Gasteiger partial charge in [0.25, 0.3) is 0 Å². The number of aromatic nitrogens is 3. The number of hydrogen-bond donors (Lipinski definition) is 2. The van der Waals surface area contributed by atoms with Gasteiger partial charge in [-0.2, -0.15) is 4.98 Å². The third-order valence-corrected chi connectivity index (χ3v) is 9.28. The number of carbonyl (C=O) groups is 1. The zero-order valence-corrected chi connectivity index (χ0v) is 26.0. The lowest BCUT2D eigenvalue weighted by Gasteiger charge is -2.29. The van der Waals surface area contributed by atoms with Crippen molar-refractivity contribution in [2.24, 2.45) is 5.92 Å². The van der Waals surface area contributed by atoms with E-state index in [1.54, 1.807) is 11.3 Å². The SMILES string of the molecule is CN(C)c1nc(NCC2CCC(NC(=O)Cc3sc(-c4ccccc4)nc3-c3ccc(Cl)cc3)CC2)nc2ccccc12. The van der Waals surface area contributed by atoms with E-state index in [0.717, 1.165) is 75.7 Å². The van der Waals surface area contributed by atoms with E-state index in [9.17, 15) is 4.79 Å². The number of anilines is 2. The van der Waals surface area contributed by atoms with E-state index < -0.39 is 0 Å². The maximum Gasteiger partial charge on any atom is 0.225 e. The van der Waals surface area contributed by atoms with Gasteiger partial charge in [-0.15, -0.1) is 11.3 Å². The van der Waals surface area contributed by atoms with Crippen LogP contribution in [0.15, 0.2) is 78.9 Å². The second-order valence-electron chi connectivity index (χ2n) is 11.3. The Morgan fingerprint density at radius 2 is 1.60 bits per heavy atom. The Bertz CT molecular complexity index is 1700. The minimum absolute atomic E-state index is 0.0424. The van der Waals surface area contributed by atoms with Crippen molar-refractivity contribution in [2.45, 2.75) is 38.1 Å². The maximum absolute atomic E-state index is 13.3. The van der Waals surface area contributed by atoms with E-state index in [1.807, 2.05) is 79.7 Å². The highest BCUT2D eigenvalue weighted by Crippen LogP contribution is 2.35. The van der Waals surface area contributed by atoms with Crippen molar-refractivity contribution in [3.05, 3.63) is 88.8 Å². The van der Waals surface area contributed by atoms with Gasteiger partial charge in [0.2, 0.25) is 11.9 Å². The van der Waals surface area contributed by atoms with Crippen LogP contribution in [0, 0.1) is 5.92 Å². The van der Waals surface area contributed by atoms with Crippen LogP contribution in [0.3, 0.4) is 0 Å². The van der Waals surface area contributed by atoms with Crippen LogP contribution in [0.25, 0.3) is 32.7 Å². The van der Waals surface area contributed by atoms with E-state index in [1.165, 1.54) is 0 Å². The Morgan fingerprint density at radius 3 is 2.35 bits per heavy atom. The summed E-state index contributed by atoms with van der Waals surface area (Å²) in [6.07, 6.45) is 4.31. The molecule has 5 aromatic rings. The molecule has 1 saturated carbocycles. The molecule has 0 saturated heterocycles. The molecular weight excluding hydrogens is 576 g/mol. The molecule has 1 fully saturated rings.